The normalized spacial score (nSPS) is 18.9. The first-order valence-corrected chi connectivity index (χ1v) is 9.88. The third-order valence-corrected chi connectivity index (χ3v) is 6.18. The van der Waals surface area contributed by atoms with Crippen LogP contribution >= 0.6 is 11.8 Å². The summed E-state index contributed by atoms with van der Waals surface area (Å²) < 4.78 is 21.0. The number of methoxy groups -OCH3 is 1. The molecular formula is C21H20FN3O2S. The van der Waals surface area contributed by atoms with Crippen LogP contribution in [0.2, 0.25) is 0 Å². The first-order valence-electron chi connectivity index (χ1n) is 8.94. The number of fused-ring (bicyclic) bond motifs is 1. The van der Waals surface area contributed by atoms with Crippen molar-refractivity contribution in [3.8, 4) is 11.4 Å². The van der Waals surface area contributed by atoms with Gasteiger partial charge in [-0.2, -0.15) is 5.10 Å². The number of aryl methyl sites for hydroxylation is 1. The van der Waals surface area contributed by atoms with Crippen LogP contribution < -0.4 is 10.1 Å². The number of nitrogens with zero attached hydrogens (tertiary/aromatic N) is 2. The lowest BCUT2D eigenvalue weighted by Gasteiger charge is -2.19. The number of ether oxygens (including phenoxy) is 1. The van der Waals surface area contributed by atoms with Gasteiger partial charge in [0.1, 0.15) is 17.4 Å². The molecule has 0 saturated carbocycles. The Morgan fingerprint density at radius 1 is 1.21 bits per heavy atom. The summed E-state index contributed by atoms with van der Waals surface area (Å²) in [4.78, 5) is 12.7. The lowest BCUT2D eigenvalue weighted by molar-refractivity contribution is -0.115. The van der Waals surface area contributed by atoms with Gasteiger partial charge < -0.3 is 10.1 Å². The van der Waals surface area contributed by atoms with Crippen LogP contribution in [0, 0.1) is 12.7 Å². The number of thioether (sulfide) groups is 1. The third-order valence-electron chi connectivity index (χ3n) is 4.79. The summed E-state index contributed by atoms with van der Waals surface area (Å²) in [7, 11) is 1.64. The van der Waals surface area contributed by atoms with Crippen molar-refractivity contribution in [1.82, 2.24) is 9.78 Å². The highest BCUT2D eigenvalue weighted by Crippen LogP contribution is 2.48. The number of carbonyl (C=O) groups is 1. The van der Waals surface area contributed by atoms with Crippen LogP contribution in [-0.4, -0.2) is 28.0 Å². The second-order valence-corrected chi connectivity index (χ2v) is 8.08. The minimum atomic E-state index is -0.358. The maximum absolute atomic E-state index is 13.8. The van der Waals surface area contributed by atoms with Crippen LogP contribution in [0.25, 0.3) is 5.69 Å². The predicted molar refractivity (Wildman–Crippen MR) is 109 cm³/mol. The molecule has 1 aromatic heterocycles. The number of amides is 1. The van der Waals surface area contributed by atoms with Crippen molar-refractivity contribution < 1.29 is 13.9 Å². The lowest BCUT2D eigenvalue weighted by atomic mass is 10.0. The molecule has 144 valence electrons. The Labute approximate surface area is 166 Å². The molecule has 2 unspecified atom stereocenters. The molecule has 0 fully saturated rings. The number of rotatable bonds is 3. The molecule has 0 bridgehead atoms. The highest BCUT2D eigenvalue weighted by molar-refractivity contribution is 8.01. The fourth-order valence-corrected chi connectivity index (χ4v) is 4.78. The molecule has 2 aromatic carbocycles. The zero-order chi connectivity index (χ0) is 19.8. The van der Waals surface area contributed by atoms with E-state index in [1.807, 2.05) is 38.1 Å². The van der Waals surface area contributed by atoms with Gasteiger partial charge in [-0.3, -0.25) is 4.79 Å². The fourth-order valence-electron chi connectivity index (χ4n) is 3.43. The fraction of sp³-hybridized carbons (Fsp3) is 0.238. The molecule has 0 aliphatic carbocycles. The van der Waals surface area contributed by atoms with Gasteiger partial charge in [0.2, 0.25) is 5.91 Å². The highest BCUT2D eigenvalue weighted by atomic mass is 32.2. The standard InChI is InChI=1S/C21H20FN3O2S/c1-12-18-19(16-9-4-5-10-17(16)27-3)28-13(2)21(26)23-20(18)25(24-12)15-8-6-7-14(22)11-15/h4-11,13,19H,1-3H3,(H,23,26). The number of halogens is 1. The zero-order valence-electron chi connectivity index (χ0n) is 15.8. The van der Waals surface area contributed by atoms with Gasteiger partial charge in [0.25, 0.3) is 0 Å². The lowest BCUT2D eigenvalue weighted by Crippen LogP contribution is -2.22. The van der Waals surface area contributed by atoms with Gasteiger partial charge >= 0.3 is 0 Å². The number of hydrogen-bond donors (Lipinski definition) is 1. The van der Waals surface area contributed by atoms with Crippen molar-refractivity contribution in [1.29, 1.82) is 0 Å². The zero-order valence-corrected chi connectivity index (χ0v) is 16.6. The first-order chi connectivity index (χ1) is 13.5. The van der Waals surface area contributed by atoms with Crippen LogP contribution in [-0.2, 0) is 4.79 Å². The molecule has 1 aliphatic heterocycles. The molecule has 7 heteroatoms. The van der Waals surface area contributed by atoms with Crippen molar-refractivity contribution in [2.24, 2.45) is 0 Å². The summed E-state index contributed by atoms with van der Waals surface area (Å²) in [6.07, 6.45) is 0. The monoisotopic (exact) mass is 397 g/mol. The van der Waals surface area contributed by atoms with Crippen molar-refractivity contribution in [2.45, 2.75) is 24.3 Å². The maximum Gasteiger partial charge on any atom is 0.238 e. The highest BCUT2D eigenvalue weighted by Gasteiger charge is 2.35. The predicted octanol–water partition coefficient (Wildman–Crippen LogP) is 4.49. The van der Waals surface area contributed by atoms with Gasteiger partial charge in [0.15, 0.2) is 0 Å². The van der Waals surface area contributed by atoms with Gasteiger partial charge in [-0.05, 0) is 38.1 Å². The number of anilines is 1. The summed E-state index contributed by atoms with van der Waals surface area (Å²) in [5.74, 6) is 0.857. The van der Waals surface area contributed by atoms with E-state index in [0.717, 1.165) is 22.6 Å². The number of benzene rings is 2. The van der Waals surface area contributed by atoms with E-state index in [4.69, 9.17) is 4.74 Å². The summed E-state index contributed by atoms with van der Waals surface area (Å²) in [6, 6.07) is 14.0. The minimum Gasteiger partial charge on any atom is -0.496 e. The molecule has 1 N–H and O–H groups in total. The molecule has 0 spiro atoms. The molecule has 2 atom stereocenters. The summed E-state index contributed by atoms with van der Waals surface area (Å²) in [6.45, 7) is 3.78. The topological polar surface area (TPSA) is 56.1 Å². The van der Waals surface area contributed by atoms with Gasteiger partial charge in [-0.1, -0.05) is 24.3 Å². The Morgan fingerprint density at radius 2 is 2.00 bits per heavy atom. The third kappa shape index (κ3) is 3.16. The molecule has 0 radical (unpaired) electrons. The van der Waals surface area contributed by atoms with Gasteiger partial charge in [-0.15, -0.1) is 11.8 Å². The SMILES string of the molecule is COc1ccccc1C1SC(C)C(=O)Nc2c1c(C)nn2-c1cccc(F)c1. The minimum absolute atomic E-state index is 0.110. The molecular weight excluding hydrogens is 377 g/mol. The number of aromatic nitrogens is 2. The Balaban J connectivity index is 1.94. The summed E-state index contributed by atoms with van der Waals surface area (Å²) in [5, 5.41) is 7.19. The van der Waals surface area contributed by atoms with E-state index in [1.54, 1.807) is 35.7 Å². The second-order valence-electron chi connectivity index (χ2n) is 6.63. The summed E-state index contributed by atoms with van der Waals surface area (Å²) >= 11 is 1.55. The molecule has 0 saturated heterocycles. The van der Waals surface area contributed by atoms with E-state index < -0.39 is 0 Å². The Kier molecular flexibility index (Phi) is 4.85. The molecule has 1 aliphatic rings. The van der Waals surface area contributed by atoms with Gasteiger partial charge in [-0.25, -0.2) is 9.07 Å². The van der Waals surface area contributed by atoms with Crippen molar-refractivity contribution in [2.75, 3.05) is 12.4 Å². The molecule has 4 rings (SSSR count). The van der Waals surface area contributed by atoms with Crippen LogP contribution in [0.15, 0.2) is 48.5 Å². The quantitative estimate of drug-likeness (QED) is 0.707. The number of carbonyl (C=O) groups excluding carboxylic acids is 1. The smallest absolute Gasteiger partial charge is 0.238 e. The largest absolute Gasteiger partial charge is 0.496 e. The van der Waals surface area contributed by atoms with E-state index in [9.17, 15) is 9.18 Å². The first kappa shape index (κ1) is 18.6. The van der Waals surface area contributed by atoms with Crippen LogP contribution in [0.3, 0.4) is 0 Å². The number of nitrogens with one attached hydrogen (secondary N) is 1. The van der Waals surface area contributed by atoms with E-state index in [0.29, 0.717) is 11.5 Å². The second kappa shape index (κ2) is 7.31. The van der Waals surface area contributed by atoms with E-state index in [2.05, 4.69) is 10.4 Å². The van der Waals surface area contributed by atoms with Gasteiger partial charge in [0.05, 0.1) is 29.0 Å². The van der Waals surface area contributed by atoms with Crippen LogP contribution in [0.5, 0.6) is 5.75 Å². The Bertz CT molecular complexity index is 1050. The van der Waals surface area contributed by atoms with Crippen molar-refractivity contribution in [3.05, 3.63) is 71.2 Å². The molecule has 1 amide bonds. The number of para-hydroxylation sites is 1. The van der Waals surface area contributed by atoms with E-state index in [-0.39, 0.29) is 22.2 Å². The van der Waals surface area contributed by atoms with Crippen LogP contribution in [0.4, 0.5) is 10.2 Å². The molecule has 28 heavy (non-hydrogen) atoms. The average molecular weight is 397 g/mol. The van der Waals surface area contributed by atoms with Crippen molar-refractivity contribution in [3.63, 3.8) is 0 Å². The Hall–Kier alpha value is -2.80. The summed E-state index contributed by atoms with van der Waals surface area (Å²) in [5.41, 5.74) is 3.21. The molecule has 5 nitrogen and oxygen atoms in total. The van der Waals surface area contributed by atoms with E-state index in [1.165, 1.54) is 12.1 Å². The van der Waals surface area contributed by atoms with Crippen molar-refractivity contribution >= 4 is 23.5 Å². The Morgan fingerprint density at radius 3 is 2.75 bits per heavy atom. The number of hydrogen-bond acceptors (Lipinski definition) is 4. The average Bonchev–Trinajstić information content (AvgIpc) is 2.94. The van der Waals surface area contributed by atoms with Crippen LogP contribution in [0.1, 0.15) is 29.0 Å². The maximum atomic E-state index is 13.8. The molecule has 2 heterocycles. The van der Waals surface area contributed by atoms with Gasteiger partial charge in [0, 0.05) is 11.1 Å². The van der Waals surface area contributed by atoms with E-state index >= 15 is 0 Å². The molecule has 3 aromatic rings.